The van der Waals surface area contributed by atoms with Crippen LogP contribution in [0.4, 0.5) is 11.4 Å². The minimum Gasteiger partial charge on any atom is -0.355 e. The molecule has 1 amide bonds. The van der Waals surface area contributed by atoms with E-state index >= 15 is 0 Å². The second kappa shape index (κ2) is 6.21. The molecule has 0 bridgehead atoms. The number of para-hydroxylation sites is 1. The zero-order chi connectivity index (χ0) is 14.5. The maximum atomic E-state index is 11.8. The van der Waals surface area contributed by atoms with Crippen molar-refractivity contribution in [2.45, 2.75) is 0 Å². The average Bonchev–Trinajstić information content (AvgIpc) is 2.47. The van der Waals surface area contributed by atoms with Crippen molar-refractivity contribution >= 4 is 35.0 Å². The summed E-state index contributed by atoms with van der Waals surface area (Å²) in [4.78, 5) is 15.8. The van der Waals surface area contributed by atoms with Gasteiger partial charge in [-0.3, -0.25) is 4.79 Å². The van der Waals surface area contributed by atoms with Crippen LogP contribution in [-0.2, 0) is 0 Å². The van der Waals surface area contributed by atoms with Crippen LogP contribution in [0, 0.1) is 0 Å². The van der Waals surface area contributed by atoms with Crippen molar-refractivity contribution in [2.24, 2.45) is 0 Å². The third kappa shape index (κ3) is 2.97. The van der Waals surface area contributed by atoms with Crippen LogP contribution >= 0.6 is 11.6 Å². The van der Waals surface area contributed by atoms with E-state index in [0.717, 1.165) is 11.3 Å². The molecule has 0 radical (unpaired) electrons. The summed E-state index contributed by atoms with van der Waals surface area (Å²) in [7, 11) is 1.59. The van der Waals surface area contributed by atoms with Crippen molar-refractivity contribution in [3.8, 4) is 0 Å². The van der Waals surface area contributed by atoms with Gasteiger partial charge in [-0.1, -0.05) is 36.4 Å². The number of hydrogen-bond acceptors (Lipinski definition) is 3. The summed E-state index contributed by atoms with van der Waals surface area (Å²) in [5.41, 5.74) is 2.80. The maximum Gasteiger partial charge on any atom is 0.253 e. The Hall–Kier alpha value is -2.33. The summed E-state index contributed by atoms with van der Waals surface area (Å²) in [6.45, 7) is 3.73. The Morgan fingerprint density at radius 1 is 1.35 bits per heavy atom. The smallest absolute Gasteiger partial charge is 0.253 e. The fourth-order valence-corrected chi connectivity index (χ4v) is 1.94. The Morgan fingerprint density at radius 3 is 2.80 bits per heavy atom. The van der Waals surface area contributed by atoms with Gasteiger partial charge < -0.3 is 10.6 Å². The standard InChI is InChI=1S/C15H14ClN3O/c1-3-10-9-18-14(16)8-13(10)19-12-7-5-4-6-11(12)15(20)17-2/h3-9H,1H2,2H3,(H,17,20)(H,18,19). The molecule has 0 aliphatic rings. The van der Waals surface area contributed by atoms with Gasteiger partial charge in [0.2, 0.25) is 0 Å². The fourth-order valence-electron chi connectivity index (χ4n) is 1.78. The van der Waals surface area contributed by atoms with Gasteiger partial charge in [0.05, 0.1) is 16.9 Å². The molecular formula is C15H14ClN3O. The number of carbonyl (C=O) groups excluding carboxylic acids is 1. The van der Waals surface area contributed by atoms with Crippen molar-refractivity contribution < 1.29 is 4.79 Å². The van der Waals surface area contributed by atoms with E-state index < -0.39 is 0 Å². The Kier molecular flexibility index (Phi) is 4.38. The summed E-state index contributed by atoms with van der Waals surface area (Å²) in [6, 6.07) is 8.93. The van der Waals surface area contributed by atoms with Gasteiger partial charge in [0, 0.05) is 18.8 Å². The zero-order valence-corrected chi connectivity index (χ0v) is 11.7. The number of nitrogens with one attached hydrogen (secondary N) is 2. The van der Waals surface area contributed by atoms with E-state index in [9.17, 15) is 4.79 Å². The van der Waals surface area contributed by atoms with Crippen molar-refractivity contribution in [1.82, 2.24) is 10.3 Å². The highest BCUT2D eigenvalue weighted by molar-refractivity contribution is 6.29. The fraction of sp³-hybridized carbons (Fsp3) is 0.0667. The molecule has 0 aliphatic heterocycles. The minimum atomic E-state index is -0.159. The highest BCUT2D eigenvalue weighted by Crippen LogP contribution is 2.26. The first-order chi connectivity index (χ1) is 9.65. The van der Waals surface area contributed by atoms with Crippen LogP contribution < -0.4 is 10.6 Å². The average molecular weight is 288 g/mol. The number of amides is 1. The van der Waals surface area contributed by atoms with Crippen LogP contribution in [0.25, 0.3) is 6.08 Å². The van der Waals surface area contributed by atoms with E-state index in [1.165, 1.54) is 0 Å². The van der Waals surface area contributed by atoms with E-state index in [1.807, 2.05) is 18.2 Å². The molecule has 1 aromatic carbocycles. The lowest BCUT2D eigenvalue weighted by Gasteiger charge is -2.13. The summed E-state index contributed by atoms with van der Waals surface area (Å²) in [6.07, 6.45) is 3.30. The Bertz CT molecular complexity index is 655. The Balaban J connectivity index is 2.42. The monoisotopic (exact) mass is 287 g/mol. The number of rotatable bonds is 4. The quantitative estimate of drug-likeness (QED) is 0.847. The number of benzene rings is 1. The number of aromatic nitrogens is 1. The van der Waals surface area contributed by atoms with Gasteiger partial charge in [-0.05, 0) is 18.2 Å². The van der Waals surface area contributed by atoms with Gasteiger partial charge in [-0.2, -0.15) is 0 Å². The predicted molar refractivity (Wildman–Crippen MR) is 82.5 cm³/mol. The molecule has 4 nitrogen and oxygen atoms in total. The lowest BCUT2D eigenvalue weighted by Crippen LogP contribution is -2.19. The molecule has 102 valence electrons. The first-order valence-electron chi connectivity index (χ1n) is 6.02. The SMILES string of the molecule is C=Cc1cnc(Cl)cc1Nc1ccccc1C(=O)NC. The van der Waals surface area contributed by atoms with Gasteiger partial charge in [0.1, 0.15) is 5.15 Å². The van der Waals surface area contributed by atoms with E-state index in [0.29, 0.717) is 16.4 Å². The molecule has 0 spiro atoms. The van der Waals surface area contributed by atoms with Crippen molar-refractivity contribution in [1.29, 1.82) is 0 Å². The number of hydrogen-bond donors (Lipinski definition) is 2. The van der Waals surface area contributed by atoms with Crippen LogP contribution in [0.5, 0.6) is 0 Å². The molecule has 5 heteroatoms. The molecule has 2 aromatic rings. The second-order valence-corrected chi connectivity index (χ2v) is 4.44. The molecule has 20 heavy (non-hydrogen) atoms. The number of halogens is 1. The molecule has 0 atom stereocenters. The lowest BCUT2D eigenvalue weighted by molar-refractivity contribution is 0.0964. The maximum absolute atomic E-state index is 11.8. The molecular weight excluding hydrogens is 274 g/mol. The van der Waals surface area contributed by atoms with Crippen LogP contribution in [0.2, 0.25) is 5.15 Å². The van der Waals surface area contributed by atoms with Crippen molar-refractivity contribution in [3.05, 3.63) is 59.4 Å². The topological polar surface area (TPSA) is 54.0 Å². The Labute approximate surface area is 122 Å². The molecule has 1 aromatic heterocycles. The molecule has 0 aliphatic carbocycles. The number of carbonyl (C=O) groups is 1. The largest absolute Gasteiger partial charge is 0.355 e. The summed E-state index contributed by atoms with van der Waals surface area (Å²) >= 11 is 5.90. The first kappa shape index (κ1) is 14.1. The normalized spacial score (nSPS) is 9.90. The molecule has 2 rings (SSSR count). The van der Waals surface area contributed by atoms with Crippen molar-refractivity contribution in [2.75, 3.05) is 12.4 Å². The molecule has 0 saturated carbocycles. The molecule has 2 N–H and O–H groups in total. The summed E-state index contributed by atoms with van der Waals surface area (Å²) in [5.74, 6) is -0.159. The Morgan fingerprint density at radius 2 is 2.10 bits per heavy atom. The highest BCUT2D eigenvalue weighted by atomic mass is 35.5. The van der Waals surface area contributed by atoms with E-state index in [2.05, 4.69) is 22.2 Å². The number of anilines is 2. The minimum absolute atomic E-state index is 0.159. The van der Waals surface area contributed by atoms with Gasteiger partial charge in [-0.15, -0.1) is 0 Å². The highest BCUT2D eigenvalue weighted by Gasteiger charge is 2.10. The molecule has 0 saturated heterocycles. The van der Waals surface area contributed by atoms with E-state index in [4.69, 9.17) is 11.6 Å². The van der Waals surface area contributed by atoms with Crippen LogP contribution in [-0.4, -0.2) is 17.9 Å². The predicted octanol–water partition coefficient (Wildman–Crippen LogP) is 3.48. The second-order valence-electron chi connectivity index (χ2n) is 4.05. The number of nitrogens with zero attached hydrogens (tertiary/aromatic N) is 1. The zero-order valence-electron chi connectivity index (χ0n) is 11.0. The van der Waals surface area contributed by atoms with E-state index in [1.54, 1.807) is 31.5 Å². The van der Waals surface area contributed by atoms with Gasteiger partial charge in [0.15, 0.2) is 0 Å². The molecule has 1 heterocycles. The lowest BCUT2D eigenvalue weighted by atomic mass is 10.1. The third-order valence-corrected chi connectivity index (χ3v) is 3.00. The summed E-state index contributed by atoms with van der Waals surface area (Å²) < 4.78 is 0. The first-order valence-corrected chi connectivity index (χ1v) is 6.39. The summed E-state index contributed by atoms with van der Waals surface area (Å²) in [5, 5.41) is 6.17. The van der Waals surface area contributed by atoms with Gasteiger partial charge in [-0.25, -0.2) is 4.98 Å². The van der Waals surface area contributed by atoms with E-state index in [-0.39, 0.29) is 5.91 Å². The van der Waals surface area contributed by atoms with Crippen LogP contribution in [0.3, 0.4) is 0 Å². The molecule has 0 unspecified atom stereocenters. The number of pyridine rings is 1. The van der Waals surface area contributed by atoms with Gasteiger partial charge >= 0.3 is 0 Å². The molecule has 0 fully saturated rings. The van der Waals surface area contributed by atoms with Gasteiger partial charge in [0.25, 0.3) is 5.91 Å². The van der Waals surface area contributed by atoms with Crippen LogP contribution in [0.15, 0.2) is 43.1 Å². The van der Waals surface area contributed by atoms with Crippen molar-refractivity contribution in [3.63, 3.8) is 0 Å². The third-order valence-electron chi connectivity index (χ3n) is 2.79. The van der Waals surface area contributed by atoms with Crippen LogP contribution in [0.1, 0.15) is 15.9 Å².